The van der Waals surface area contributed by atoms with E-state index in [9.17, 15) is 0 Å². The Bertz CT molecular complexity index is 205. The van der Waals surface area contributed by atoms with E-state index in [4.69, 9.17) is 0 Å². The molecule has 2 nitrogen and oxygen atoms in total. The molecule has 15 heavy (non-hydrogen) atoms. The molecule has 1 N–H and O–H groups in total. The van der Waals surface area contributed by atoms with Crippen molar-refractivity contribution in [1.29, 1.82) is 0 Å². The molecule has 1 heterocycles. The summed E-state index contributed by atoms with van der Waals surface area (Å²) in [6.45, 7) is 10.9. The van der Waals surface area contributed by atoms with Gasteiger partial charge in [0.1, 0.15) is 0 Å². The molecule has 2 fully saturated rings. The Labute approximate surface area is 94.4 Å². The van der Waals surface area contributed by atoms with Crippen molar-refractivity contribution in [1.82, 2.24) is 10.2 Å². The van der Waals surface area contributed by atoms with Gasteiger partial charge in [0, 0.05) is 31.7 Å². The molecule has 4 atom stereocenters. The summed E-state index contributed by atoms with van der Waals surface area (Å²) in [6.07, 6.45) is 4.31. The Kier molecular flexibility index (Phi) is 3.68. The Morgan fingerprint density at radius 2 is 1.93 bits per heavy atom. The highest BCUT2D eigenvalue weighted by Crippen LogP contribution is 2.33. The number of piperazine rings is 1. The number of hydrogen-bond donors (Lipinski definition) is 1. The second-order valence-corrected chi connectivity index (χ2v) is 5.63. The molecule has 1 aliphatic carbocycles. The average molecular weight is 210 g/mol. The predicted molar refractivity (Wildman–Crippen MR) is 65.0 cm³/mol. The Hall–Kier alpha value is -0.0800. The molecule has 1 aliphatic heterocycles. The quantitative estimate of drug-likeness (QED) is 0.713. The summed E-state index contributed by atoms with van der Waals surface area (Å²) in [5.74, 6) is 1.81. The molecular formula is C13H26N2. The molecule has 2 aliphatic rings. The molecule has 0 amide bonds. The van der Waals surface area contributed by atoms with E-state index >= 15 is 0 Å². The summed E-state index contributed by atoms with van der Waals surface area (Å²) in [5.41, 5.74) is 0. The first-order valence-corrected chi connectivity index (χ1v) is 6.66. The SMILES string of the molecule is CC1CCCC(N2CCNCC2C)C1C. The van der Waals surface area contributed by atoms with Crippen LogP contribution >= 0.6 is 0 Å². The van der Waals surface area contributed by atoms with Crippen LogP contribution in [0.15, 0.2) is 0 Å². The van der Waals surface area contributed by atoms with Crippen LogP contribution in [0.5, 0.6) is 0 Å². The fraction of sp³-hybridized carbons (Fsp3) is 1.00. The lowest BCUT2D eigenvalue weighted by atomic mass is 9.77. The standard InChI is InChI=1S/C13H26N2/c1-10-5-4-6-13(12(10)3)15-8-7-14-9-11(15)2/h10-14H,4-9H2,1-3H3. The minimum absolute atomic E-state index is 0.733. The summed E-state index contributed by atoms with van der Waals surface area (Å²) < 4.78 is 0. The van der Waals surface area contributed by atoms with E-state index in [0.717, 1.165) is 23.9 Å². The van der Waals surface area contributed by atoms with E-state index in [2.05, 4.69) is 31.0 Å². The number of hydrogen-bond acceptors (Lipinski definition) is 2. The molecule has 1 saturated carbocycles. The van der Waals surface area contributed by atoms with Crippen LogP contribution in [0.4, 0.5) is 0 Å². The lowest BCUT2D eigenvalue weighted by Crippen LogP contribution is -2.56. The van der Waals surface area contributed by atoms with E-state index in [-0.39, 0.29) is 0 Å². The second-order valence-electron chi connectivity index (χ2n) is 5.63. The minimum atomic E-state index is 0.733. The van der Waals surface area contributed by atoms with Crippen molar-refractivity contribution >= 4 is 0 Å². The van der Waals surface area contributed by atoms with Gasteiger partial charge in [0.2, 0.25) is 0 Å². The van der Waals surface area contributed by atoms with Gasteiger partial charge in [-0.05, 0) is 25.2 Å². The van der Waals surface area contributed by atoms with Crippen LogP contribution < -0.4 is 5.32 Å². The molecule has 1 saturated heterocycles. The van der Waals surface area contributed by atoms with Crippen LogP contribution in [0, 0.1) is 11.8 Å². The van der Waals surface area contributed by atoms with Gasteiger partial charge < -0.3 is 5.32 Å². The van der Waals surface area contributed by atoms with Crippen molar-refractivity contribution in [2.75, 3.05) is 19.6 Å². The monoisotopic (exact) mass is 210 g/mol. The summed E-state index contributed by atoms with van der Waals surface area (Å²) >= 11 is 0. The average Bonchev–Trinajstić information content (AvgIpc) is 2.23. The van der Waals surface area contributed by atoms with Crippen molar-refractivity contribution in [3.8, 4) is 0 Å². The molecule has 0 radical (unpaired) electrons. The summed E-state index contributed by atoms with van der Waals surface area (Å²) in [5, 5.41) is 3.49. The van der Waals surface area contributed by atoms with Crippen LogP contribution in [-0.2, 0) is 0 Å². The van der Waals surface area contributed by atoms with Gasteiger partial charge >= 0.3 is 0 Å². The summed E-state index contributed by atoms with van der Waals surface area (Å²) in [7, 11) is 0. The molecule has 4 unspecified atom stereocenters. The number of nitrogens with one attached hydrogen (secondary N) is 1. The normalized spacial score (nSPS) is 44.2. The van der Waals surface area contributed by atoms with E-state index in [1.54, 1.807) is 0 Å². The lowest BCUT2D eigenvalue weighted by Gasteiger charge is -2.46. The van der Waals surface area contributed by atoms with E-state index in [1.807, 2.05) is 0 Å². The Morgan fingerprint density at radius 1 is 1.13 bits per heavy atom. The van der Waals surface area contributed by atoms with Gasteiger partial charge in [-0.3, -0.25) is 4.90 Å². The highest BCUT2D eigenvalue weighted by molar-refractivity contribution is 4.89. The Morgan fingerprint density at radius 3 is 2.67 bits per heavy atom. The molecule has 0 aromatic carbocycles. The van der Waals surface area contributed by atoms with Crippen molar-refractivity contribution in [3.05, 3.63) is 0 Å². The summed E-state index contributed by atoms with van der Waals surface area (Å²) in [6, 6.07) is 1.59. The van der Waals surface area contributed by atoms with Crippen LogP contribution in [-0.4, -0.2) is 36.6 Å². The highest BCUT2D eigenvalue weighted by atomic mass is 15.2. The molecule has 88 valence electrons. The van der Waals surface area contributed by atoms with Gasteiger partial charge in [0.15, 0.2) is 0 Å². The molecular weight excluding hydrogens is 184 g/mol. The minimum Gasteiger partial charge on any atom is -0.314 e. The topological polar surface area (TPSA) is 15.3 Å². The number of nitrogens with zero attached hydrogens (tertiary/aromatic N) is 1. The zero-order valence-corrected chi connectivity index (χ0v) is 10.5. The first kappa shape index (κ1) is 11.4. The van der Waals surface area contributed by atoms with E-state index in [1.165, 1.54) is 38.9 Å². The fourth-order valence-corrected chi connectivity index (χ4v) is 3.37. The molecule has 0 aromatic rings. The molecule has 0 aromatic heterocycles. The third-order valence-electron chi connectivity index (χ3n) is 4.64. The first-order valence-electron chi connectivity index (χ1n) is 6.66. The van der Waals surface area contributed by atoms with Crippen molar-refractivity contribution in [2.24, 2.45) is 11.8 Å². The maximum atomic E-state index is 3.49. The van der Waals surface area contributed by atoms with Crippen molar-refractivity contribution < 1.29 is 0 Å². The number of rotatable bonds is 1. The second kappa shape index (κ2) is 4.84. The van der Waals surface area contributed by atoms with Crippen LogP contribution in [0.3, 0.4) is 0 Å². The van der Waals surface area contributed by atoms with Crippen LogP contribution in [0.25, 0.3) is 0 Å². The Balaban J connectivity index is 2.01. The smallest absolute Gasteiger partial charge is 0.0195 e. The fourth-order valence-electron chi connectivity index (χ4n) is 3.37. The lowest BCUT2D eigenvalue weighted by molar-refractivity contribution is 0.0387. The van der Waals surface area contributed by atoms with Crippen LogP contribution in [0.1, 0.15) is 40.0 Å². The van der Waals surface area contributed by atoms with Crippen molar-refractivity contribution in [2.45, 2.75) is 52.1 Å². The zero-order valence-electron chi connectivity index (χ0n) is 10.5. The van der Waals surface area contributed by atoms with Gasteiger partial charge in [-0.15, -0.1) is 0 Å². The molecule has 2 heteroatoms. The van der Waals surface area contributed by atoms with E-state index in [0.29, 0.717) is 0 Å². The van der Waals surface area contributed by atoms with Crippen molar-refractivity contribution in [3.63, 3.8) is 0 Å². The van der Waals surface area contributed by atoms with Gasteiger partial charge in [0.25, 0.3) is 0 Å². The van der Waals surface area contributed by atoms with Gasteiger partial charge in [-0.2, -0.15) is 0 Å². The third-order valence-corrected chi connectivity index (χ3v) is 4.64. The third kappa shape index (κ3) is 2.36. The first-order chi connectivity index (χ1) is 7.20. The van der Waals surface area contributed by atoms with Gasteiger partial charge in [-0.25, -0.2) is 0 Å². The summed E-state index contributed by atoms with van der Waals surface area (Å²) in [4.78, 5) is 2.76. The van der Waals surface area contributed by atoms with Gasteiger partial charge in [-0.1, -0.05) is 26.7 Å². The predicted octanol–water partition coefficient (Wildman–Crippen LogP) is 2.10. The largest absolute Gasteiger partial charge is 0.314 e. The molecule has 2 rings (SSSR count). The molecule has 0 bridgehead atoms. The van der Waals surface area contributed by atoms with E-state index < -0.39 is 0 Å². The zero-order chi connectivity index (χ0) is 10.8. The van der Waals surface area contributed by atoms with Gasteiger partial charge in [0.05, 0.1) is 0 Å². The highest BCUT2D eigenvalue weighted by Gasteiger charge is 2.34. The molecule has 0 spiro atoms. The van der Waals surface area contributed by atoms with Crippen LogP contribution in [0.2, 0.25) is 0 Å². The maximum Gasteiger partial charge on any atom is 0.0195 e. The maximum absolute atomic E-state index is 3.49.